The topological polar surface area (TPSA) is 28.2 Å². The number of halogens is 1. The first kappa shape index (κ1) is 13.7. The number of fused-ring (bicyclic) bond motifs is 1. The molecule has 20 heavy (non-hydrogen) atoms. The molecule has 0 spiro atoms. The number of anilines is 1. The number of pyridine rings is 1. The van der Waals surface area contributed by atoms with Crippen molar-refractivity contribution < 1.29 is 0 Å². The molecule has 0 radical (unpaired) electrons. The van der Waals surface area contributed by atoms with E-state index in [4.69, 9.17) is 11.6 Å². The lowest BCUT2D eigenvalue weighted by atomic mass is 10.1. The maximum absolute atomic E-state index is 6.02. The molecular formula is C16H20ClN3. The van der Waals surface area contributed by atoms with Gasteiger partial charge in [0.15, 0.2) is 0 Å². The first-order valence-corrected chi connectivity index (χ1v) is 7.47. The molecule has 4 heteroatoms. The summed E-state index contributed by atoms with van der Waals surface area (Å²) in [6.07, 6.45) is 4.55. The van der Waals surface area contributed by atoms with Gasteiger partial charge in [0.2, 0.25) is 0 Å². The van der Waals surface area contributed by atoms with Gasteiger partial charge in [0.25, 0.3) is 0 Å². The molecule has 1 aliphatic carbocycles. The highest BCUT2D eigenvalue weighted by Crippen LogP contribution is 2.35. The lowest BCUT2D eigenvalue weighted by Gasteiger charge is -2.25. The monoisotopic (exact) mass is 289 g/mol. The van der Waals surface area contributed by atoms with Crippen molar-refractivity contribution in [3.8, 4) is 0 Å². The summed E-state index contributed by atoms with van der Waals surface area (Å²) in [6, 6.07) is 8.50. The Kier molecular flexibility index (Phi) is 3.81. The predicted molar refractivity (Wildman–Crippen MR) is 85.4 cm³/mol. The number of benzene rings is 1. The van der Waals surface area contributed by atoms with Gasteiger partial charge in [-0.15, -0.1) is 0 Å². The largest absolute Gasteiger partial charge is 0.383 e. The zero-order valence-electron chi connectivity index (χ0n) is 11.9. The molecule has 1 aliphatic rings. The highest BCUT2D eigenvalue weighted by atomic mass is 35.5. The number of nitrogens with zero attached hydrogens (tertiary/aromatic N) is 2. The van der Waals surface area contributed by atoms with Crippen molar-refractivity contribution in [2.24, 2.45) is 5.92 Å². The lowest BCUT2D eigenvalue weighted by molar-refractivity contribution is 0.276. The highest BCUT2D eigenvalue weighted by molar-refractivity contribution is 6.31. The molecule has 0 bridgehead atoms. The van der Waals surface area contributed by atoms with E-state index in [1.165, 1.54) is 12.8 Å². The summed E-state index contributed by atoms with van der Waals surface area (Å²) < 4.78 is 0. The Morgan fingerprint density at radius 3 is 2.85 bits per heavy atom. The van der Waals surface area contributed by atoms with Gasteiger partial charge in [0.1, 0.15) is 0 Å². The Morgan fingerprint density at radius 2 is 2.15 bits per heavy atom. The minimum absolute atomic E-state index is 0.602. The van der Waals surface area contributed by atoms with Crippen molar-refractivity contribution in [2.45, 2.75) is 18.9 Å². The average Bonchev–Trinajstić information content (AvgIpc) is 3.23. The third-order valence-corrected chi connectivity index (χ3v) is 4.27. The van der Waals surface area contributed by atoms with Crippen LogP contribution in [0, 0.1) is 5.92 Å². The number of hydrogen-bond acceptors (Lipinski definition) is 3. The Balaban J connectivity index is 1.80. The Morgan fingerprint density at radius 1 is 1.35 bits per heavy atom. The molecule has 1 heterocycles. The second-order valence-electron chi connectivity index (χ2n) is 5.77. The zero-order chi connectivity index (χ0) is 14.1. The van der Waals surface area contributed by atoms with E-state index in [0.29, 0.717) is 6.04 Å². The van der Waals surface area contributed by atoms with Crippen LogP contribution < -0.4 is 5.32 Å². The molecule has 3 nitrogen and oxygen atoms in total. The molecule has 1 atom stereocenters. The van der Waals surface area contributed by atoms with E-state index in [2.05, 4.69) is 29.3 Å². The van der Waals surface area contributed by atoms with Crippen molar-refractivity contribution in [3.05, 3.63) is 35.5 Å². The molecule has 1 aromatic heterocycles. The summed E-state index contributed by atoms with van der Waals surface area (Å²) in [4.78, 5) is 6.70. The molecule has 0 aliphatic heterocycles. The van der Waals surface area contributed by atoms with Gasteiger partial charge in [-0.25, -0.2) is 0 Å². The van der Waals surface area contributed by atoms with Crippen LogP contribution >= 0.6 is 11.6 Å². The van der Waals surface area contributed by atoms with E-state index in [-0.39, 0.29) is 0 Å². The van der Waals surface area contributed by atoms with E-state index in [9.17, 15) is 0 Å². The van der Waals surface area contributed by atoms with Gasteiger partial charge in [0.05, 0.1) is 5.52 Å². The number of hydrogen-bond donors (Lipinski definition) is 1. The van der Waals surface area contributed by atoms with Crippen LogP contribution in [0.1, 0.15) is 12.8 Å². The standard InChI is InChI=1S/C16H20ClN3/c1-20(2)16(11-3-4-11)10-19-14-7-8-18-15-9-12(17)5-6-13(14)15/h5-9,11,16H,3-4,10H2,1-2H3,(H,18,19). The molecule has 1 saturated carbocycles. The number of likely N-dealkylation sites (N-methyl/N-ethyl adjacent to an activating group) is 1. The first-order valence-electron chi connectivity index (χ1n) is 7.10. The van der Waals surface area contributed by atoms with Crippen LogP contribution in [0.15, 0.2) is 30.5 Å². The molecule has 2 aromatic rings. The van der Waals surface area contributed by atoms with Crippen LogP contribution in [0.25, 0.3) is 10.9 Å². The molecule has 0 amide bonds. The van der Waals surface area contributed by atoms with Crippen molar-refractivity contribution in [2.75, 3.05) is 26.0 Å². The predicted octanol–water partition coefficient (Wildman–Crippen LogP) is 3.64. The lowest BCUT2D eigenvalue weighted by Crippen LogP contribution is -2.36. The van der Waals surface area contributed by atoms with Crippen LogP contribution in [-0.2, 0) is 0 Å². The Hall–Kier alpha value is -1.32. The van der Waals surface area contributed by atoms with Crippen molar-refractivity contribution >= 4 is 28.2 Å². The second kappa shape index (κ2) is 5.58. The maximum atomic E-state index is 6.02. The van der Waals surface area contributed by atoms with Gasteiger partial charge >= 0.3 is 0 Å². The summed E-state index contributed by atoms with van der Waals surface area (Å²) in [6.45, 7) is 0.972. The summed E-state index contributed by atoms with van der Waals surface area (Å²) in [5.74, 6) is 0.847. The van der Waals surface area contributed by atoms with E-state index in [0.717, 1.165) is 34.1 Å². The average molecular weight is 290 g/mol. The van der Waals surface area contributed by atoms with Gasteiger partial charge in [-0.2, -0.15) is 0 Å². The third-order valence-electron chi connectivity index (χ3n) is 4.04. The minimum atomic E-state index is 0.602. The van der Waals surface area contributed by atoms with Crippen molar-refractivity contribution in [1.29, 1.82) is 0 Å². The quantitative estimate of drug-likeness (QED) is 0.911. The summed E-state index contributed by atoms with van der Waals surface area (Å²) in [5.41, 5.74) is 2.08. The summed E-state index contributed by atoms with van der Waals surface area (Å²) in [7, 11) is 4.32. The number of rotatable bonds is 5. The molecule has 1 N–H and O–H groups in total. The third kappa shape index (κ3) is 2.89. The van der Waals surface area contributed by atoms with Crippen molar-refractivity contribution in [1.82, 2.24) is 9.88 Å². The summed E-state index contributed by atoms with van der Waals surface area (Å²) in [5, 5.41) is 5.44. The highest BCUT2D eigenvalue weighted by Gasteiger charge is 2.32. The molecular weight excluding hydrogens is 270 g/mol. The number of nitrogens with one attached hydrogen (secondary N) is 1. The Labute approximate surface area is 124 Å². The van der Waals surface area contributed by atoms with Crippen LogP contribution in [0.3, 0.4) is 0 Å². The smallest absolute Gasteiger partial charge is 0.0737 e. The molecule has 1 aromatic carbocycles. The van der Waals surface area contributed by atoms with Crippen LogP contribution in [-0.4, -0.2) is 36.6 Å². The first-order chi connectivity index (χ1) is 9.65. The maximum Gasteiger partial charge on any atom is 0.0737 e. The minimum Gasteiger partial charge on any atom is -0.383 e. The zero-order valence-corrected chi connectivity index (χ0v) is 12.7. The van der Waals surface area contributed by atoms with Gasteiger partial charge in [-0.05, 0) is 57.1 Å². The molecule has 1 unspecified atom stereocenters. The van der Waals surface area contributed by atoms with E-state index < -0.39 is 0 Å². The van der Waals surface area contributed by atoms with E-state index >= 15 is 0 Å². The van der Waals surface area contributed by atoms with E-state index in [1.807, 2.05) is 30.5 Å². The van der Waals surface area contributed by atoms with Crippen molar-refractivity contribution in [3.63, 3.8) is 0 Å². The molecule has 106 valence electrons. The SMILES string of the molecule is CN(C)C(CNc1ccnc2cc(Cl)ccc12)C1CC1. The van der Waals surface area contributed by atoms with Gasteiger partial charge < -0.3 is 10.2 Å². The summed E-state index contributed by atoms with van der Waals surface area (Å²) >= 11 is 6.02. The molecule has 3 rings (SSSR count). The number of aromatic nitrogens is 1. The molecule has 0 saturated heterocycles. The van der Waals surface area contributed by atoms with Gasteiger partial charge in [-0.3, -0.25) is 4.98 Å². The van der Waals surface area contributed by atoms with E-state index in [1.54, 1.807) is 0 Å². The second-order valence-corrected chi connectivity index (χ2v) is 6.21. The molecule has 1 fully saturated rings. The van der Waals surface area contributed by atoms with Gasteiger partial charge in [-0.1, -0.05) is 11.6 Å². The normalized spacial score (nSPS) is 16.6. The van der Waals surface area contributed by atoms with Gasteiger partial charge in [0, 0.05) is 34.9 Å². The fraction of sp³-hybridized carbons (Fsp3) is 0.438. The van der Waals surface area contributed by atoms with Crippen LogP contribution in [0.4, 0.5) is 5.69 Å². The van der Waals surface area contributed by atoms with Crippen LogP contribution in [0.2, 0.25) is 5.02 Å². The Bertz CT molecular complexity index is 606. The fourth-order valence-corrected chi connectivity index (χ4v) is 2.91. The van der Waals surface area contributed by atoms with Crippen LogP contribution in [0.5, 0.6) is 0 Å². The fourth-order valence-electron chi connectivity index (χ4n) is 2.74.